The number of anilines is 2. The minimum atomic E-state index is -1.01. The molecule has 2 aliphatic heterocycles. The highest BCUT2D eigenvalue weighted by Crippen LogP contribution is 2.34. The van der Waals surface area contributed by atoms with Gasteiger partial charge in [-0.2, -0.15) is 0 Å². The first kappa shape index (κ1) is 13.4. The fourth-order valence-electron chi connectivity index (χ4n) is 3.26. The molecule has 0 spiro atoms. The largest absolute Gasteiger partial charge is 0.378 e. The van der Waals surface area contributed by atoms with Crippen LogP contribution >= 0.6 is 0 Å². The minimum absolute atomic E-state index is 0.320. The fourth-order valence-corrected chi connectivity index (χ4v) is 3.26. The second-order valence-corrected chi connectivity index (χ2v) is 5.86. The lowest BCUT2D eigenvalue weighted by Crippen LogP contribution is -2.24. The summed E-state index contributed by atoms with van der Waals surface area (Å²) in [6.07, 6.45) is 4.04. The first-order chi connectivity index (χ1) is 9.69. The summed E-state index contributed by atoms with van der Waals surface area (Å²) in [7, 11) is 0. The number of aliphatic hydroxyl groups excluding tert-OH is 1. The number of rotatable bonds is 2. The van der Waals surface area contributed by atoms with Crippen LogP contribution in [0.1, 0.15) is 44.3 Å². The summed E-state index contributed by atoms with van der Waals surface area (Å²) in [6.45, 7) is 4.42. The van der Waals surface area contributed by atoms with Gasteiger partial charge in [-0.3, -0.25) is 4.79 Å². The average Bonchev–Trinajstić information content (AvgIpc) is 2.66. The van der Waals surface area contributed by atoms with E-state index in [9.17, 15) is 9.90 Å². The lowest BCUT2D eigenvalue weighted by molar-refractivity contribution is -0.123. The smallest absolute Gasteiger partial charge is 0.257 e. The zero-order valence-corrected chi connectivity index (χ0v) is 11.9. The Balaban J connectivity index is 1.78. The van der Waals surface area contributed by atoms with Crippen LogP contribution in [0.2, 0.25) is 0 Å². The van der Waals surface area contributed by atoms with E-state index in [-0.39, 0.29) is 5.91 Å². The monoisotopic (exact) mass is 274 g/mol. The van der Waals surface area contributed by atoms with Gasteiger partial charge in [-0.15, -0.1) is 0 Å². The van der Waals surface area contributed by atoms with Crippen molar-refractivity contribution < 1.29 is 9.90 Å². The van der Waals surface area contributed by atoms with Crippen molar-refractivity contribution in [2.45, 2.75) is 38.7 Å². The maximum absolute atomic E-state index is 11.5. The molecule has 0 aliphatic carbocycles. The van der Waals surface area contributed by atoms with E-state index in [1.165, 1.54) is 25.7 Å². The van der Waals surface area contributed by atoms with Crippen molar-refractivity contribution in [2.24, 2.45) is 5.92 Å². The van der Waals surface area contributed by atoms with Gasteiger partial charge in [0.05, 0.1) is 0 Å². The van der Waals surface area contributed by atoms with Crippen molar-refractivity contribution in [3.05, 3.63) is 23.8 Å². The molecule has 1 saturated heterocycles. The van der Waals surface area contributed by atoms with Crippen LogP contribution in [0, 0.1) is 5.92 Å². The standard InChI is InChI=1S/C16H22N2O2/c1-2-11-4-3-8-18(9-7-11)12-5-6-13-14(10-12)17-16(20)15(13)19/h5-6,10-11,15,19H,2-4,7-9H2,1H3,(H,17,20). The van der Waals surface area contributed by atoms with E-state index in [4.69, 9.17) is 0 Å². The number of carbonyl (C=O) groups is 1. The molecular weight excluding hydrogens is 252 g/mol. The van der Waals surface area contributed by atoms with Crippen molar-refractivity contribution in [2.75, 3.05) is 23.3 Å². The summed E-state index contributed by atoms with van der Waals surface area (Å²) in [6, 6.07) is 5.89. The molecule has 1 amide bonds. The first-order valence-corrected chi connectivity index (χ1v) is 7.57. The summed E-state index contributed by atoms with van der Waals surface area (Å²) in [5.74, 6) is 0.523. The summed E-state index contributed by atoms with van der Waals surface area (Å²) in [5.41, 5.74) is 2.60. The van der Waals surface area contributed by atoms with Gasteiger partial charge in [0.25, 0.3) is 5.91 Å². The Hall–Kier alpha value is -1.55. The number of amides is 1. The Labute approximate surface area is 119 Å². The van der Waals surface area contributed by atoms with Gasteiger partial charge in [0.15, 0.2) is 6.10 Å². The Kier molecular flexibility index (Phi) is 3.66. The van der Waals surface area contributed by atoms with Crippen LogP contribution in [0.3, 0.4) is 0 Å². The zero-order chi connectivity index (χ0) is 14.1. The van der Waals surface area contributed by atoms with Crippen LogP contribution < -0.4 is 10.2 Å². The molecule has 2 unspecified atom stereocenters. The molecule has 1 aromatic rings. The second-order valence-electron chi connectivity index (χ2n) is 5.86. The fraction of sp³-hybridized carbons (Fsp3) is 0.562. The molecule has 1 aromatic carbocycles. The van der Waals surface area contributed by atoms with Crippen LogP contribution in [0.4, 0.5) is 11.4 Å². The number of carbonyl (C=O) groups excluding carboxylic acids is 1. The van der Waals surface area contributed by atoms with Crippen molar-refractivity contribution >= 4 is 17.3 Å². The van der Waals surface area contributed by atoms with Gasteiger partial charge in [0.1, 0.15) is 0 Å². The van der Waals surface area contributed by atoms with Crippen LogP contribution in [0.15, 0.2) is 18.2 Å². The third kappa shape index (κ3) is 2.40. The molecule has 2 atom stereocenters. The highest BCUT2D eigenvalue weighted by Gasteiger charge is 2.29. The number of fused-ring (bicyclic) bond motifs is 1. The van der Waals surface area contributed by atoms with E-state index in [1.54, 1.807) is 0 Å². The van der Waals surface area contributed by atoms with Crippen LogP contribution in [-0.4, -0.2) is 24.1 Å². The molecule has 0 bridgehead atoms. The van der Waals surface area contributed by atoms with Gasteiger partial charge in [-0.25, -0.2) is 0 Å². The molecular formula is C16H22N2O2. The Morgan fingerprint density at radius 2 is 2.20 bits per heavy atom. The third-order valence-electron chi connectivity index (χ3n) is 4.63. The predicted octanol–water partition coefficient (Wildman–Crippen LogP) is 2.69. The molecule has 2 heterocycles. The van der Waals surface area contributed by atoms with Gasteiger partial charge >= 0.3 is 0 Å². The normalized spacial score (nSPS) is 26.1. The van der Waals surface area contributed by atoms with E-state index in [0.717, 1.165) is 30.4 Å². The average molecular weight is 274 g/mol. The number of benzene rings is 1. The second kappa shape index (κ2) is 5.44. The highest BCUT2D eigenvalue weighted by molar-refractivity contribution is 6.02. The van der Waals surface area contributed by atoms with Crippen LogP contribution in [0.5, 0.6) is 0 Å². The molecule has 0 saturated carbocycles. The minimum Gasteiger partial charge on any atom is -0.378 e. The zero-order valence-electron chi connectivity index (χ0n) is 11.9. The molecule has 1 fully saturated rings. The van der Waals surface area contributed by atoms with Crippen molar-refractivity contribution in [1.29, 1.82) is 0 Å². The van der Waals surface area contributed by atoms with Crippen LogP contribution in [0.25, 0.3) is 0 Å². The highest BCUT2D eigenvalue weighted by atomic mass is 16.3. The number of hydrogen-bond acceptors (Lipinski definition) is 3. The number of nitrogens with one attached hydrogen (secondary N) is 1. The van der Waals surface area contributed by atoms with Gasteiger partial charge in [-0.1, -0.05) is 19.4 Å². The third-order valence-corrected chi connectivity index (χ3v) is 4.63. The lowest BCUT2D eigenvalue weighted by atomic mass is 9.98. The molecule has 4 nitrogen and oxygen atoms in total. The van der Waals surface area contributed by atoms with E-state index in [2.05, 4.69) is 17.1 Å². The van der Waals surface area contributed by atoms with E-state index in [0.29, 0.717) is 5.56 Å². The maximum Gasteiger partial charge on any atom is 0.257 e. The van der Waals surface area contributed by atoms with Crippen molar-refractivity contribution in [3.8, 4) is 0 Å². The number of hydrogen-bond donors (Lipinski definition) is 2. The molecule has 108 valence electrons. The van der Waals surface area contributed by atoms with Gasteiger partial charge in [0.2, 0.25) is 0 Å². The van der Waals surface area contributed by atoms with E-state index in [1.807, 2.05) is 18.2 Å². The summed E-state index contributed by atoms with van der Waals surface area (Å²) < 4.78 is 0. The van der Waals surface area contributed by atoms with Crippen molar-refractivity contribution in [3.63, 3.8) is 0 Å². The maximum atomic E-state index is 11.5. The van der Waals surface area contributed by atoms with Gasteiger partial charge in [0, 0.05) is 30.0 Å². The first-order valence-electron chi connectivity index (χ1n) is 7.57. The molecule has 0 radical (unpaired) electrons. The van der Waals surface area contributed by atoms with E-state index >= 15 is 0 Å². The predicted molar refractivity (Wildman–Crippen MR) is 79.9 cm³/mol. The molecule has 4 heteroatoms. The van der Waals surface area contributed by atoms with Crippen LogP contribution in [-0.2, 0) is 4.79 Å². The van der Waals surface area contributed by atoms with Gasteiger partial charge in [-0.05, 0) is 37.3 Å². The summed E-state index contributed by atoms with van der Waals surface area (Å²) in [5, 5.41) is 12.5. The Bertz CT molecular complexity index is 515. The number of nitrogens with zero attached hydrogens (tertiary/aromatic N) is 1. The molecule has 3 rings (SSSR count). The SMILES string of the molecule is CCC1CCCN(c2ccc3c(c2)NC(=O)C3O)CC1. The van der Waals surface area contributed by atoms with Crippen molar-refractivity contribution in [1.82, 2.24) is 0 Å². The molecule has 2 aliphatic rings. The topological polar surface area (TPSA) is 52.6 Å². The molecule has 2 N–H and O–H groups in total. The Morgan fingerprint density at radius 1 is 1.35 bits per heavy atom. The van der Waals surface area contributed by atoms with E-state index < -0.39 is 6.10 Å². The molecule has 0 aromatic heterocycles. The lowest BCUT2D eigenvalue weighted by Gasteiger charge is -2.23. The summed E-state index contributed by atoms with van der Waals surface area (Å²) >= 11 is 0. The van der Waals surface area contributed by atoms with Gasteiger partial charge < -0.3 is 15.3 Å². The Morgan fingerprint density at radius 3 is 3.00 bits per heavy atom. The quantitative estimate of drug-likeness (QED) is 0.872. The molecule has 20 heavy (non-hydrogen) atoms. The number of aliphatic hydroxyl groups is 1. The summed E-state index contributed by atoms with van der Waals surface area (Å²) in [4.78, 5) is 13.9.